The number of hydrogen-bond acceptors (Lipinski definition) is 5. The van der Waals surface area contributed by atoms with E-state index in [0.29, 0.717) is 18.8 Å². The monoisotopic (exact) mass is 288 g/mol. The first-order valence-corrected chi connectivity index (χ1v) is 8.48. The van der Waals surface area contributed by atoms with E-state index >= 15 is 0 Å². The van der Waals surface area contributed by atoms with Gasteiger partial charge in [-0.05, 0) is 6.92 Å². The number of nitrogens with zero attached hydrogens (tertiary/aromatic N) is 2. The van der Waals surface area contributed by atoms with Gasteiger partial charge in [-0.15, -0.1) is 0 Å². The molecule has 0 unspecified atom stereocenters. The van der Waals surface area contributed by atoms with Gasteiger partial charge in [0.2, 0.25) is 10.0 Å². The molecule has 1 aromatic heterocycles. The number of amidine groups is 1. The van der Waals surface area contributed by atoms with Crippen molar-refractivity contribution in [3.05, 3.63) is 17.7 Å². The van der Waals surface area contributed by atoms with Crippen molar-refractivity contribution in [3.63, 3.8) is 0 Å². The average Bonchev–Trinajstić information content (AvgIpc) is 2.69. The third kappa shape index (κ3) is 3.74. The van der Waals surface area contributed by atoms with E-state index in [1.807, 2.05) is 6.92 Å². The minimum Gasteiger partial charge on any atom is -0.348 e. The zero-order valence-corrected chi connectivity index (χ0v) is 11.8. The molecule has 0 saturated heterocycles. The second kappa shape index (κ2) is 5.75. The first kappa shape index (κ1) is 13.4. The number of H-pyrrole nitrogens is 1. The van der Waals surface area contributed by atoms with Crippen LogP contribution < -0.4 is 4.72 Å². The molecule has 2 heterocycles. The molecule has 6 nitrogen and oxygen atoms in total. The highest BCUT2D eigenvalue weighted by Gasteiger charge is 2.17. The molecule has 8 heteroatoms. The van der Waals surface area contributed by atoms with Gasteiger partial charge in [0, 0.05) is 23.6 Å². The van der Waals surface area contributed by atoms with Crippen molar-refractivity contribution in [2.24, 2.45) is 4.99 Å². The van der Waals surface area contributed by atoms with Gasteiger partial charge >= 0.3 is 0 Å². The summed E-state index contributed by atoms with van der Waals surface area (Å²) in [5, 5.41) is 0. The second-order valence-electron chi connectivity index (χ2n) is 4.03. The van der Waals surface area contributed by atoms with E-state index in [1.54, 1.807) is 18.1 Å². The van der Waals surface area contributed by atoms with E-state index in [4.69, 9.17) is 0 Å². The summed E-state index contributed by atoms with van der Waals surface area (Å²) in [4.78, 5) is 11.4. The van der Waals surface area contributed by atoms with E-state index in [-0.39, 0.29) is 5.75 Å². The number of thioether (sulfide) groups is 1. The Labute approximate surface area is 111 Å². The molecule has 100 valence electrons. The third-order valence-electron chi connectivity index (χ3n) is 2.59. The molecule has 1 aromatic rings. The molecule has 0 radical (unpaired) electrons. The Hall–Kier alpha value is -1.02. The second-order valence-corrected chi connectivity index (χ2v) is 6.97. The maximum atomic E-state index is 11.3. The zero-order valence-electron chi connectivity index (χ0n) is 10.1. The summed E-state index contributed by atoms with van der Waals surface area (Å²) in [5.74, 6) is 2.33. The number of aromatic amines is 1. The predicted octanol–water partition coefficient (Wildman–Crippen LogP) is 0.673. The van der Waals surface area contributed by atoms with Crippen LogP contribution in [0, 0.1) is 6.92 Å². The van der Waals surface area contributed by atoms with Crippen LogP contribution in [0.25, 0.3) is 0 Å². The Morgan fingerprint density at radius 2 is 2.33 bits per heavy atom. The molecule has 0 bridgehead atoms. The molecule has 1 aliphatic heterocycles. The predicted molar refractivity (Wildman–Crippen MR) is 73.3 cm³/mol. The van der Waals surface area contributed by atoms with E-state index in [1.165, 1.54) is 0 Å². The molecule has 0 aliphatic carbocycles. The van der Waals surface area contributed by atoms with Crippen LogP contribution in [0.15, 0.2) is 11.3 Å². The van der Waals surface area contributed by atoms with Gasteiger partial charge in [-0.25, -0.2) is 13.4 Å². The number of imidazole rings is 1. The van der Waals surface area contributed by atoms with Gasteiger partial charge in [-0.2, -0.15) is 11.8 Å². The number of sulfonamides is 1. The summed E-state index contributed by atoms with van der Waals surface area (Å²) in [6.45, 7) is 2.36. The number of aliphatic imine (C=N–C) groups is 1. The molecular formula is C10H16N4O2S2. The summed E-state index contributed by atoms with van der Waals surface area (Å²) in [7, 11) is -3.13. The van der Waals surface area contributed by atoms with Crippen molar-refractivity contribution in [1.29, 1.82) is 0 Å². The van der Waals surface area contributed by atoms with Gasteiger partial charge in [-0.3, -0.25) is 9.71 Å². The van der Waals surface area contributed by atoms with Crippen molar-refractivity contribution >= 4 is 27.6 Å². The van der Waals surface area contributed by atoms with E-state index in [2.05, 4.69) is 19.7 Å². The molecule has 0 saturated carbocycles. The van der Waals surface area contributed by atoms with Crippen LogP contribution in [0.2, 0.25) is 0 Å². The number of rotatable bonds is 5. The van der Waals surface area contributed by atoms with Crippen LogP contribution >= 0.6 is 11.8 Å². The lowest BCUT2D eigenvalue weighted by atomic mass is 10.4. The van der Waals surface area contributed by atoms with Crippen LogP contribution in [0.5, 0.6) is 0 Å². The number of hydrogen-bond donors (Lipinski definition) is 2. The molecule has 18 heavy (non-hydrogen) atoms. The minimum absolute atomic E-state index is 0.0934. The fourth-order valence-corrected chi connectivity index (χ4v) is 3.49. The molecule has 1 aliphatic rings. The van der Waals surface area contributed by atoms with Gasteiger partial charge in [0.15, 0.2) is 0 Å². The van der Waals surface area contributed by atoms with Gasteiger partial charge in [0.05, 0.1) is 24.3 Å². The average molecular weight is 288 g/mol. The highest BCUT2D eigenvalue weighted by atomic mass is 32.2. The number of nitrogens with one attached hydrogen (secondary N) is 2. The van der Waals surface area contributed by atoms with Crippen molar-refractivity contribution in [3.8, 4) is 0 Å². The summed E-state index contributed by atoms with van der Waals surface area (Å²) in [6, 6.07) is 0. The standard InChI is InChI=1S/C10H16N4O2S2/c1-8-9(13-7-12-8)6-17-4-2-10-11-3-5-18(15,16)14-10/h7H,2-6H2,1H3,(H,11,14)(H,12,13). The molecule has 0 aromatic carbocycles. The minimum atomic E-state index is -3.13. The topological polar surface area (TPSA) is 87.2 Å². The SMILES string of the molecule is Cc1[nH]cnc1CSCCC1=NCCS(=O)(=O)N1. The Kier molecular flexibility index (Phi) is 4.28. The van der Waals surface area contributed by atoms with Gasteiger partial charge in [-0.1, -0.05) is 0 Å². The van der Waals surface area contributed by atoms with Crippen LogP contribution in [0.3, 0.4) is 0 Å². The largest absolute Gasteiger partial charge is 0.348 e. The zero-order chi connectivity index (χ0) is 13.0. The lowest BCUT2D eigenvalue weighted by Crippen LogP contribution is -2.37. The Balaban J connectivity index is 1.73. The Morgan fingerprint density at radius 1 is 1.50 bits per heavy atom. The Bertz CT molecular complexity index is 536. The fraction of sp³-hybridized carbons (Fsp3) is 0.600. The lowest BCUT2D eigenvalue weighted by molar-refractivity contribution is 0.589. The van der Waals surface area contributed by atoms with Gasteiger partial charge < -0.3 is 4.98 Å². The number of aromatic nitrogens is 2. The summed E-state index contributed by atoms with van der Waals surface area (Å²) in [5.41, 5.74) is 2.13. The van der Waals surface area contributed by atoms with E-state index in [9.17, 15) is 8.42 Å². The number of aryl methyl sites for hydroxylation is 1. The van der Waals surface area contributed by atoms with E-state index < -0.39 is 10.0 Å². The van der Waals surface area contributed by atoms with Crippen molar-refractivity contribution in [2.75, 3.05) is 18.1 Å². The normalized spacial score (nSPS) is 18.2. The summed E-state index contributed by atoms with van der Waals surface area (Å²) >= 11 is 1.72. The van der Waals surface area contributed by atoms with Crippen molar-refractivity contribution in [1.82, 2.24) is 14.7 Å². The van der Waals surface area contributed by atoms with Crippen LogP contribution in [0.1, 0.15) is 17.8 Å². The first-order valence-electron chi connectivity index (χ1n) is 5.67. The maximum absolute atomic E-state index is 11.3. The van der Waals surface area contributed by atoms with Crippen LogP contribution in [0.4, 0.5) is 0 Å². The quantitative estimate of drug-likeness (QED) is 0.780. The highest BCUT2D eigenvalue weighted by Crippen LogP contribution is 2.14. The molecular weight excluding hydrogens is 272 g/mol. The summed E-state index contributed by atoms with van der Waals surface area (Å²) in [6.07, 6.45) is 2.33. The van der Waals surface area contributed by atoms with E-state index in [0.717, 1.165) is 22.9 Å². The highest BCUT2D eigenvalue weighted by molar-refractivity contribution is 7.98. The fourth-order valence-electron chi connectivity index (χ4n) is 1.56. The first-order chi connectivity index (χ1) is 8.57. The molecule has 2 rings (SSSR count). The molecule has 0 atom stereocenters. The van der Waals surface area contributed by atoms with Crippen LogP contribution in [-0.2, 0) is 15.8 Å². The van der Waals surface area contributed by atoms with Crippen LogP contribution in [-0.4, -0.2) is 42.3 Å². The lowest BCUT2D eigenvalue weighted by Gasteiger charge is -2.14. The Morgan fingerprint density at radius 3 is 3.00 bits per heavy atom. The molecule has 0 spiro atoms. The molecule has 2 N–H and O–H groups in total. The molecule has 0 amide bonds. The smallest absolute Gasteiger partial charge is 0.235 e. The van der Waals surface area contributed by atoms with Crippen molar-refractivity contribution < 1.29 is 8.42 Å². The summed E-state index contributed by atoms with van der Waals surface area (Å²) < 4.78 is 25.1. The van der Waals surface area contributed by atoms with Gasteiger partial charge in [0.1, 0.15) is 5.84 Å². The third-order valence-corrected chi connectivity index (χ3v) is 4.83. The van der Waals surface area contributed by atoms with Gasteiger partial charge in [0.25, 0.3) is 0 Å². The molecule has 0 fully saturated rings. The van der Waals surface area contributed by atoms with Crippen molar-refractivity contribution in [2.45, 2.75) is 19.1 Å². The maximum Gasteiger partial charge on any atom is 0.235 e.